The summed E-state index contributed by atoms with van der Waals surface area (Å²) in [5, 5.41) is 29.6. The lowest BCUT2D eigenvalue weighted by Gasteiger charge is -2.13. The third kappa shape index (κ3) is 3.77. The molecule has 0 aliphatic rings. The van der Waals surface area contributed by atoms with Crippen LogP contribution in [0.25, 0.3) is 11.1 Å². The topological polar surface area (TPSA) is 87.0 Å². The smallest absolute Gasteiger partial charge is 0.196 e. The molecule has 3 aromatic rings. The molecular formula is C22H18O5. The molecule has 5 heteroatoms. The molecule has 0 amide bonds. The van der Waals surface area contributed by atoms with Gasteiger partial charge in [-0.3, -0.25) is 4.79 Å². The van der Waals surface area contributed by atoms with Crippen molar-refractivity contribution in [2.24, 2.45) is 0 Å². The van der Waals surface area contributed by atoms with Crippen molar-refractivity contribution >= 4 is 5.78 Å². The van der Waals surface area contributed by atoms with Gasteiger partial charge in [-0.1, -0.05) is 36.9 Å². The van der Waals surface area contributed by atoms with Gasteiger partial charge in [0.15, 0.2) is 5.78 Å². The van der Waals surface area contributed by atoms with E-state index in [1.54, 1.807) is 42.5 Å². The van der Waals surface area contributed by atoms with Gasteiger partial charge >= 0.3 is 0 Å². The first-order valence-corrected chi connectivity index (χ1v) is 8.24. The molecule has 0 saturated carbocycles. The summed E-state index contributed by atoms with van der Waals surface area (Å²) in [7, 11) is 0. The highest BCUT2D eigenvalue weighted by Crippen LogP contribution is 2.38. The fourth-order valence-electron chi connectivity index (χ4n) is 2.76. The molecule has 3 N–H and O–H groups in total. The van der Waals surface area contributed by atoms with Crippen LogP contribution in [0.4, 0.5) is 0 Å². The van der Waals surface area contributed by atoms with Crippen LogP contribution in [-0.2, 0) is 0 Å². The van der Waals surface area contributed by atoms with E-state index in [9.17, 15) is 20.1 Å². The molecule has 136 valence electrons. The van der Waals surface area contributed by atoms with Gasteiger partial charge in [-0.2, -0.15) is 0 Å². The van der Waals surface area contributed by atoms with E-state index < -0.39 is 5.78 Å². The average Bonchev–Trinajstić information content (AvgIpc) is 2.66. The molecule has 27 heavy (non-hydrogen) atoms. The third-order valence-electron chi connectivity index (χ3n) is 4.00. The lowest BCUT2D eigenvalue weighted by molar-refractivity contribution is 0.103. The molecule has 0 bridgehead atoms. The fraction of sp³-hybridized carbons (Fsp3) is 0.0455. The maximum absolute atomic E-state index is 12.8. The number of benzene rings is 3. The van der Waals surface area contributed by atoms with Gasteiger partial charge in [-0.15, -0.1) is 0 Å². The predicted octanol–water partition coefficient (Wildman–Crippen LogP) is 4.27. The number of carbonyl (C=O) groups is 1. The van der Waals surface area contributed by atoms with E-state index in [1.807, 2.05) is 0 Å². The van der Waals surface area contributed by atoms with Gasteiger partial charge in [0.2, 0.25) is 0 Å². The highest BCUT2D eigenvalue weighted by molar-refractivity contribution is 6.11. The number of rotatable bonds is 6. The highest BCUT2D eigenvalue weighted by Gasteiger charge is 2.17. The molecule has 5 nitrogen and oxygen atoms in total. The summed E-state index contributed by atoms with van der Waals surface area (Å²) in [6, 6.07) is 15.4. The Labute approximate surface area is 156 Å². The first-order valence-electron chi connectivity index (χ1n) is 8.24. The van der Waals surface area contributed by atoms with Crippen LogP contribution >= 0.6 is 0 Å². The molecule has 3 aromatic carbocycles. The average molecular weight is 362 g/mol. The normalized spacial score (nSPS) is 10.4. The molecule has 0 spiro atoms. The van der Waals surface area contributed by atoms with Gasteiger partial charge in [0, 0.05) is 11.6 Å². The molecule has 0 heterocycles. The second kappa shape index (κ2) is 7.66. The van der Waals surface area contributed by atoms with Gasteiger partial charge in [0.05, 0.1) is 11.1 Å². The molecule has 0 unspecified atom stereocenters. The number of phenolic OH excluding ortho intramolecular Hbond substituents is 3. The van der Waals surface area contributed by atoms with Gasteiger partial charge < -0.3 is 20.1 Å². The van der Waals surface area contributed by atoms with Crippen molar-refractivity contribution in [1.29, 1.82) is 0 Å². The molecule has 0 fully saturated rings. The van der Waals surface area contributed by atoms with Crippen LogP contribution < -0.4 is 4.74 Å². The Morgan fingerprint density at radius 3 is 2.48 bits per heavy atom. The van der Waals surface area contributed by atoms with Crippen LogP contribution in [0, 0.1) is 0 Å². The Morgan fingerprint density at radius 2 is 1.74 bits per heavy atom. The maximum Gasteiger partial charge on any atom is 0.196 e. The monoisotopic (exact) mass is 362 g/mol. The Balaban J connectivity index is 2.04. The van der Waals surface area contributed by atoms with Crippen molar-refractivity contribution in [3.63, 3.8) is 0 Å². The van der Waals surface area contributed by atoms with E-state index in [2.05, 4.69) is 6.58 Å². The summed E-state index contributed by atoms with van der Waals surface area (Å²) in [5.41, 5.74) is 1.46. The van der Waals surface area contributed by atoms with Crippen molar-refractivity contribution in [3.05, 3.63) is 84.4 Å². The summed E-state index contributed by atoms with van der Waals surface area (Å²) in [6.45, 7) is 3.89. The second-order valence-corrected chi connectivity index (χ2v) is 5.86. The van der Waals surface area contributed by atoms with E-state index in [0.717, 1.165) is 6.07 Å². The quantitative estimate of drug-likeness (QED) is 0.450. The molecule has 0 aliphatic carbocycles. The molecule has 0 aliphatic heterocycles. The summed E-state index contributed by atoms with van der Waals surface area (Å²) < 4.78 is 5.61. The number of carbonyl (C=O) groups excluding carboxylic acids is 1. The van der Waals surface area contributed by atoms with Crippen LogP contribution in [-0.4, -0.2) is 27.7 Å². The summed E-state index contributed by atoms with van der Waals surface area (Å²) in [4.78, 5) is 12.8. The molecule has 0 radical (unpaired) electrons. The minimum Gasteiger partial charge on any atom is -0.508 e. The van der Waals surface area contributed by atoms with Crippen LogP contribution in [0.2, 0.25) is 0 Å². The number of ketones is 1. The third-order valence-corrected chi connectivity index (χ3v) is 4.00. The van der Waals surface area contributed by atoms with Crippen molar-refractivity contribution in [3.8, 4) is 34.1 Å². The predicted molar refractivity (Wildman–Crippen MR) is 102 cm³/mol. The number of ether oxygens (including phenoxy) is 1. The first-order chi connectivity index (χ1) is 13.0. The summed E-state index contributed by atoms with van der Waals surface area (Å²) in [5.74, 6) is -0.349. The van der Waals surface area contributed by atoms with E-state index in [0.29, 0.717) is 22.4 Å². The molecule has 0 saturated heterocycles. The summed E-state index contributed by atoms with van der Waals surface area (Å²) >= 11 is 0. The Bertz CT molecular complexity index is 1010. The minimum absolute atomic E-state index is 0.0219. The minimum atomic E-state index is -0.404. The molecule has 0 aromatic heterocycles. The van der Waals surface area contributed by atoms with Crippen LogP contribution in [0.3, 0.4) is 0 Å². The number of hydrogen-bond acceptors (Lipinski definition) is 5. The second-order valence-electron chi connectivity index (χ2n) is 5.86. The van der Waals surface area contributed by atoms with Gasteiger partial charge in [0.1, 0.15) is 29.6 Å². The summed E-state index contributed by atoms with van der Waals surface area (Å²) in [6.07, 6.45) is 1.60. The van der Waals surface area contributed by atoms with Crippen LogP contribution in [0.5, 0.6) is 23.0 Å². The van der Waals surface area contributed by atoms with E-state index in [4.69, 9.17) is 4.74 Å². The van der Waals surface area contributed by atoms with Crippen molar-refractivity contribution < 1.29 is 24.9 Å². The van der Waals surface area contributed by atoms with Crippen molar-refractivity contribution in [2.45, 2.75) is 0 Å². The highest BCUT2D eigenvalue weighted by atomic mass is 16.5. The van der Waals surface area contributed by atoms with Gasteiger partial charge in [-0.25, -0.2) is 0 Å². The largest absolute Gasteiger partial charge is 0.508 e. The Hall–Kier alpha value is -3.73. The molecule has 0 atom stereocenters. The van der Waals surface area contributed by atoms with Gasteiger partial charge in [-0.05, 0) is 35.9 Å². The molecular weight excluding hydrogens is 344 g/mol. The number of phenols is 3. The van der Waals surface area contributed by atoms with Crippen molar-refractivity contribution in [1.82, 2.24) is 0 Å². The lowest BCUT2D eigenvalue weighted by Crippen LogP contribution is -2.02. The first kappa shape index (κ1) is 18.1. The standard InChI is InChI=1S/C22H18O5/c1-2-11-27-20-8-4-7-18(24)21(20)14-5-3-6-15(12-14)22(26)17-10-9-16(23)13-19(17)25/h2-10,12-13,23-25H,1,11H2. The van der Waals surface area contributed by atoms with E-state index >= 15 is 0 Å². The maximum atomic E-state index is 12.8. The fourth-order valence-corrected chi connectivity index (χ4v) is 2.76. The van der Waals surface area contributed by atoms with E-state index in [1.165, 1.54) is 18.2 Å². The number of aromatic hydroxyl groups is 3. The SMILES string of the molecule is C=CCOc1cccc(O)c1-c1cccc(C(=O)c2ccc(O)cc2O)c1. The lowest BCUT2D eigenvalue weighted by atomic mass is 9.96. The molecule has 3 rings (SSSR count). The number of hydrogen-bond donors (Lipinski definition) is 3. The zero-order chi connectivity index (χ0) is 19.4. The van der Waals surface area contributed by atoms with Gasteiger partial charge in [0.25, 0.3) is 0 Å². The van der Waals surface area contributed by atoms with E-state index in [-0.39, 0.29) is 29.4 Å². The van der Waals surface area contributed by atoms with Crippen LogP contribution in [0.15, 0.2) is 73.3 Å². The van der Waals surface area contributed by atoms with Crippen LogP contribution in [0.1, 0.15) is 15.9 Å². The zero-order valence-corrected chi connectivity index (χ0v) is 14.4. The Morgan fingerprint density at radius 1 is 0.963 bits per heavy atom. The Kier molecular flexibility index (Phi) is 5.13. The van der Waals surface area contributed by atoms with Crippen molar-refractivity contribution in [2.75, 3.05) is 6.61 Å². The zero-order valence-electron chi connectivity index (χ0n) is 14.4.